The first kappa shape index (κ1) is 35.5. The third-order valence-corrected chi connectivity index (χ3v) is 8.24. The van der Waals surface area contributed by atoms with Crippen LogP contribution < -0.4 is 16.1 Å². The summed E-state index contributed by atoms with van der Waals surface area (Å²) in [6.07, 6.45) is 8.36. The highest BCUT2D eigenvalue weighted by Gasteiger charge is 2.42. The van der Waals surface area contributed by atoms with Crippen molar-refractivity contribution in [1.29, 1.82) is 0 Å². The van der Waals surface area contributed by atoms with Crippen molar-refractivity contribution in [3.05, 3.63) is 12.3 Å². The molecule has 39 heavy (non-hydrogen) atoms. The number of hydrogen-bond donors (Lipinski definition) is 3. The van der Waals surface area contributed by atoms with Gasteiger partial charge in [0.25, 0.3) is 0 Å². The fraction of sp³-hybridized carbons (Fsp3) is 0.882. The molecule has 0 saturated carbocycles. The molecule has 0 radical (unpaired) electrons. The molecule has 3 aliphatic heterocycles. The van der Waals surface area contributed by atoms with Crippen molar-refractivity contribution < 1.29 is 0 Å². The van der Waals surface area contributed by atoms with Crippen molar-refractivity contribution in [3.63, 3.8) is 0 Å². The van der Waals surface area contributed by atoms with Gasteiger partial charge in [0.05, 0.1) is 24.5 Å². The molecule has 5 heteroatoms. The lowest BCUT2D eigenvalue weighted by atomic mass is 9.70. The van der Waals surface area contributed by atoms with E-state index in [-0.39, 0.29) is 16.2 Å². The van der Waals surface area contributed by atoms with Gasteiger partial charge in [-0.25, -0.2) is 0 Å². The fourth-order valence-corrected chi connectivity index (χ4v) is 5.71. The standard InChI is InChI=1S/C12H23N.2C11H22N2/c1-11(2,3)9-7-8-13-10(9)12(4,5)6;1-10(2,3)8-9(11(4,5)6)13-7-12-8;1-10(2,3)8-7-12-13-9(8)11(4,5)6/h7-10,13H,1-6H3;7-9H,1-6H3,(H,12,13);7-9,13H,1-6H3. The molecule has 0 aromatic carbocycles. The molecule has 0 spiro atoms. The van der Waals surface area contributed by atoms with Gasteiger partial charge in [0.1, 0.15) is 0 Å². The number of hydrazone groups is 1. The van der Waals surface area contributed by atoms with Gasteiger partial charge in [-0.1, -0.05) is 131 Å². The zero-order valence-electron chi connectivity index (χ0n) is 29.2. The quantitative estimate of drug-likeness (QED) is 0.287. The third kappa shape index (κ3) is 10.4. The number of hydrogen-bond acceptors (Lipinski definition) is 5. The summed E-state index contributed by atoms with van der Waals surface area (Å²) in [7, 11) is 0. The predicted molar refractivity (Wildman–Crippen MR) is 174 cm³/mol. The summed E-state index contributed by atoms with van der Waals surface area (Å²) in [6, 6.07) is 1.90. The molecule has 3 heterocycles. The van der Waals surface area contributed by atoms with Gasteiger partial charge in [0.15, 0.2) is 0 Å². The molecule has 0 aromatic rings. The Hall–Kier alpha value is -1.52. The van der Waals surface area contributed by atoms with Crippen LogP contribution in [0.5, 0.6) is 0 Å². The molecule has 228 valence electrons. The predicted octanol–water partition coefficient (Wildman–Crippen LogP) is 8.28. The average Bonchev–Trinajstić information content (AvgIpc) is 3.45. The lowest BCUT2D eigenvalue weighted by molar-refractivity contribution is 0.162. The van der Waals surface area contributed by atoms with E-state index in [1.165, 1.54) is 0 Å². The summed E-state index contributed by atoms with van der Waals surface area (Å²) in [6.45, 7) is 41.0. The molecule has 3 rings (SSSR count). The summed E-state index contributed by atoms with van der Waals surface area (Å²) in [5.74, 6) is 1.18. The van der Waals surface area contributed by atoms with Crippen LogP contribution in [0.15, 0.2) is 22.4 Å². The van der Waals surface area contributed by atoms with Gasteiger partial charge in [-0.05, 0) is 38.7 Å². The average molecular weight is 546 g/mol. The van der Waals surface area contributed by atoms with Crippen molar-refractivity contribution in [1.82, 2.24) is 16.1 Å². The second-order valence-electron chi connectivity index (χ2n) is 18.5. The highest BCUT2D eigenvalue weighted by molar-refractivity contribution is 5.65. The second kappa shape index (κ2) is 12.1. The van der Waals surface area contributed by atoms with Crippen LogP contribution in [0.1, 0.15) is 125 Å². The van der Waals surface area contributed by atoms with Crippen LogP contribution in [0, 0.1) is 44.3 Å². The van der Waals surface area contributed by atoms with Crippen LogP contribution in [-0.4, -0.2) is 36.7 Å². The molecule has 0 amide bonds. The van der Waals surface area contributed by atoms with Crippen LogP contribution in [0.4, 0.5) is 0 Å². The zero-order valence-corrected chi connectivity index (χ0v) is 29.2. The maximum atomic E-state index is 4.52. The van der Waals surface area contributed by atoms with Gasteiger partial charge in [-0.2, -0.15) is 5.10 Å². The molecule has 5 nitrogen and oxygen atoms in total. The Morgan fingerprint density at radius 2 is 0.949 bits per heavy atom. The summed E-state index contributed by atoms with van der Waals surface area (Å²) in [4.78, 5) is 4.52. The Kier molecular flexibility index (Phi) is 11.1. The van der Waals surface area contributed by atoms with Crippen LogP contribution in [0.3, 0.4) is 0 Å². The van der Waals surface area contributed by atoms with Gasteiger partial charge in [0, 0.05) is 24.1 Å². The normalized spacial score (nSPS) is 29.1. The summed E-state index contributed by atoms with van der Waals surface area (Å²) in [5, 5.41) is 11.0. The minimum absolute atomic E-state index is 0.248. The van der Waals surface area contributed by atoms with Gasteiger partial charge in [-0.15, -0.1) is 0 Å². The van der Waals surface area contributed by atoms with Gasteiger partial charge in [0.2, 0.25) is 0 Å². The molecule has 0 bridgehead atoms. The Morgan fingerprint density at radius 3 is 1.26 bits per heavy atom. The minimum Gasteiger partial charge on any atom is -0.387 e. The summed E-state index contributed by atoms with van der Waals surface area (Å²) >= 11 is 0. The lowest BCUT2D eigenvalue weighted by Crippen LogP contribution is -2.48. The van der Waals surface area contributed by atoms with Crippen molar-refractivity contribution >= 4 is 12.6 Å². The monoisotopic (exact) mass is 546 g/mol. The van der Waals surface area contributed by atoms with Crippen molar-refractivity contribution in [3.8, 4) is 0 Å². The van der Waals surface area contributed by atoms with Crippen LogP contribution >= 0.6 is 0 Å². The van der Waals surface area contributed by atoms with Crippen LogP contribution in [0.25, 0.3) is 0 Å². The first-order valence-corrected chi connectivity index (χ1v) is 15.2. The summed E-state index contributed by atoms with van der Waals surface area (Å²) in [5.41, 5.74) is 5.01. The molecule has 6 unspecified atom stereocenters. The lowest BCUT2D eigenvalue weighted by Gasteiger charge is -2.39. The topological polar surface area (TPSA) is 60.8 Å². The molecule has 0 saturated heterocycles. The Bertz CT molecular complexity index is 727. The van der Waals surface area contributed by atoms with E-state index in [0.29, 0.717) is 52.2 Å². The smallest absolute Gasteiger partial charge is 0.0831 e. The van der Waals surface area contributed by atoms with E-state index in [9.17, 15) is 0 Å². The highest BCUT2D eigenvalue weighted by atomic mass is 15.3. The third-order valence-electron chi connectivity index (χ3n) is 8.24. The maximum absolute atomic E-state index is 4.52. The van der Waals surface area contributed by atoms with E-state index >= 15 is 0 Å². The van der Waals surface area contributed by atoms with Gasteiger partial charge in [-0.3, -0.25) is 4.99 Å². The SMILES string of the molecule is CC(C)(C)C1C=CNC1C(C)(C)C.CC(C)(C)C1C=NNC1C(C)(C)C.CC(C)(C)C1N=CNC1C(C)(C)C. The number of aliphatic imine (C=N–C) groups is 1. The van der Waals surface area contributed by atoms with E-state index in [0.717, 1.165) is 0 Å². The Labute approximate surface area is 243 Å². The molecule has 6 atom stereocenters. The van der Waals surface area contributed by atoms with E-state index in [2.05, 4.69) is 169 Å². The first-order chi connectivity index (χ1) is 17.2. The van der Waals surface area contributed by atoms with Gasteiger partial charge >= 0.3 is 0 Å². The molecular formula is C34H67N5. The molecule has 0 aromatic heterocycles. The minimum atomic E-state index is 0.248. The number of nitrogens with zero attached hydrogens (tertiary/aromatic N) is 2. The first-order valence-electron chi connectivity index (χ1n) is 15.2. The number of rotatable bonds is 0. The molecule has 3 N–H and O–H groups in total. The van der Waals surface area contributed by atoms with Crippen LogP contribution in [0.2, 0.25) is 0 Å². The molecule has 3 aliphatic rings. The van der Waals surface area contributed by atoms with Gasteiger partial charge < -0.3 is 16.1 Å². The Morgan fingerprint density at radius 1 is 0.487 bits per heavy atom. The number of nitrogens with one attached hydrogen (secondary N) is 3. The fourth-order valence-electron chi connectivity index (χ4n) is 5.71. The highest BCUT2D eigenvalue weighted by Crippen LogP contribution is 2.40. The van der Waals surface area contributed by atoms with E-state index in [1.807, 2.05) is 6.34 Å². The molecular weight excluding hydrogens is 478 g/mol. The summed E-state index contributed by atoms with van der Waals surface area (Å²) < 4.78 is 0. The van der Waals surface area contributed by atoms with Crippen molar-refractivity contribution in [2.45, 2.75) is 149 Å². The van der Waals surface area contributed by atoms with E-state index in [4.69, 9.17) is 0 Å². The zero-order chi connectivity index (χ0) is 30.8. The van der Waals surface area contributed by atoms with Crippen molar-refractivity contribution in [2.24, 2.45) is 54.4 Å². The maximum Gasteiger partial charge on any atom is 0.0831 e. The second-order valence-corrected chi connectivity index (χ2v) is 18.5. The van der Waals surface area contributed by atoms with Crippen LogP contribution in [-0.2, 0) is 0 Å². The molecule has 0 fully saturated rings. The largest absolute Gasteiger partial charge is 0.387 e. The Balaban J connectivity index is 0.000000292. The molecule has 0 aliphatic carbocycles. The van der Waals surface area contributed by atoms with Crippen molar-refractivity contribution in [2.75, 3.05) is 0 Å². The van der Waals surface area contributed by atoms with E-state index in [1.54, 1.807) is 0 Å². The van der Waals surface area contributed by atoms with E-state index < -0.39 is 0 Å².